The van der Waals surface area contributed by atoms with Gasteiger partial charge in [-0.1, -0.05) is 48.5 Å². The van der Waals surface area contributed by atoms with Gasteiger partial charge in [0.1, 0.15) is 23.1 Å². The SMILES string of the molecule is COc1ccccc1C1C(C#N)=C(N)Oc2cc(C)n(Cc3ccccc3)c(=O)c21. The van der Waals surface area contributed by atoms with Crippen LogP contribution in [0.25, 0.3) is 0 Å². The quantitative estimate of drug-likeness (QED) is 0.726. The number of aryl methyl sites for hydroxylation is 1. The fraction of sp³-hybridized carbons (Fsp3) is 0.167. The fourth-order valence-electron chi connectivity index (χ4n) is 3.86. The lowest BCUT2D eigenvalue weighted by Gasteiger charge is -2.28. The van der Waals surface area contributed by atoms with Gasteiger partial charge in [0.05, 0.1) is 25.1 Å². The minimum Gasteiger partial charge on any atom is -0.496 e. The first-order valence-corrected chi connectivity index (χ1v) is 9.54. The number of pyridine rings is 1. The Morgan fingerprint density at radius 2 is 1.87 bits per heavy atom. The maximum Gasteiger partial charge on any atom is 0.259 e. The Bertz CT molecular complexity index is 1240. The van der Waals surface area contributed by atoms with Crippen LogP contribution in [-0.4, -0.2) is 11.7 Å². The molecule has 0 fully saturated rings. The predicted octanol–water partition coefficient (Wildman–Crippen LogP) is 3.43. The number of nitrogens with two attached hydrogens (primary N) is 1. The van der Waals surface area contributed by atoms with Crippen LogP contribution in [0.15, 0.2) is 76.9 Å². The number of methoxy groups -OCH3 is 1. The second-order valence-corrected chi connectivity index (χ2v) is 7.11. The molecule has 3 aromatic rings. The molecule has 2 heterocycles. The second kappa shape index (κ2) is 7.80. The average molecular weight is 399 g/mol. The summed E-state index contributed by atoms with van der Waals surface area (Å²) in [5, 5.41) is 9.81. The third-order valence-electron chi connectivity index (χ3n) is 5.32. The predicted molar refractivity (Wildman–Crippen MR) is 113 cm³/mol. The monoisotopic (exact) mass is 399 g/mol. The number of para-hydroxylation sites is 1. The van der Waals surface area contributed by atoms with E-state index >= 15 is 0 Å². The van der Waals surface area contributed by atoms with Crippen molar-refractivity contribution in [1.82, 2.24) is 4.57 Å². The minimum atomic E-state index is -0.676. The summed E-state index contributed by atoms with van der Waals surface area (Å²) in [5.41, 5.74) is 8.87. The highest BCUT2D eigenvalue weighted by Gasteiger charge is 2.35. The van der Waals surface area contributed by atoms with Crippen LogP contribution in [-0.2, 0) is 6.54 Å². The van der Waals surface area contributed by atoms with E-state index in [9.17, 15) is 10.1 Å². The molecule has 1 atom stereocenters. The molecule has 4 rings (SSSR count). The lowest BCUT2D eigenvalue weighted by molar-refractivity contribution is 0.383. The summed E-state index contributed by atoms with van der Waals surface area (Å²) in [7, 11) is 1.56. The molecule has 6 nitrogen and oxygen atoms in total. The molecule has 150 valence electrons. The molecule has 1 unspecified atom stereocenters. The van der Waals surface area contributed by atoms with Gasteiger partial charge >= 0.3 is 0 Å². The minimum absolute atomic E-state index is 0.000477. The van der Waals surface area contributed by atoms with Crippen molar-refractivity contribution in [1.29, 1.82) is 5.26 Å². The molecule has 0 aliphatic carbocycles. The van der Waals surface area contributed by atoms with Crippen molar-refractivity contribution in [3.63, 3.8) is 0 Å². The van der Waals surface area contributed by atoms with Gasteiger partial charge in [-0.05, 0) is 18.6 Å². The van der Waals surface area contributed by atoms with Crippen LogP contribution >= 0.6 is 0 Å². The zero-order valence-electron chi connectivity index (χ0n) is 16.8. The molecule has 1 aliphatic heterocycles. The van der Waals surface area contributed by atoms with Crippen molar-refractivity contribution in [2.75, 3.05) is 7.11 Å². The van der Waals surface area contributed by atoms with Crippen LogP contribution in [0.4, 0.5) is 0 Å². The lowest BCUT2D eigenvalue weighted by atomic mass is 9.83. The van der Waals surface area contributed by atoms with Gasteiger partial charge in [0, 0.05) is 17.3 Å². The molecule has 2 aromatic carbocycles. The van der Waals surface area contributed by atoms with E-state index in [2.05, 4.69) is 6.07 Å². The average Bonchev–Trinajstić information content (AvgIpc) is 2.76. The number of fused-ring (bicyclic) bond motifs is 1. The van der Waals surface area contributed by atoms with Gasteiger partial charge < -0.3 is 19.8 Å². The first-order valence-electron chi connectivity index (χ1n) is 9.54. The number of allylic oxidation sites excluding steroid dienone is 1. The van der Waals surface area contributed by atoms with Crippen molar-refractivity contribution in [2.45, 2.75) is 19.4 Å². The highest BCUT2D eigenvalue weighted by atomic mass is 16.5. The molecule has 30 heavy (non-hydrogen) atoms. The summed E-state index contributed by atoms with van der Waals surface area (Å²) >= 11 is 0. The third kappa shape index (κ3) is 3.20. The Labute approximate surface area is 174 Å². The van der Waals surface area contributed by atoms with Crippen LogP contribution < -0.4 is 20.8 Å². The van der Waals surface area contributed by atoms with Gasteiger partial charge in [0.25, 0.3) is 5.56 Å². The van der Waals surface area contributed by atoms with Gasteiger partial charge in [-0.25, -0.2) is 0 Å². The van der Waals surface area contributed by atoms with Crippen LogP contribution in [0.5, 0.6) is 11.5 Å². The van der Waals surface area contributed by atoms with E-state index in [0.717, 1.165) is 11.3 Å². The molecule has 1 aliphatic rings. The largest absolute Gasteiger partial charge is 0.496 e. The van der Waals surface area contributed by atoms with Crippen molar-refractivity contribution in [2.24, 2.45) is 5.73 Å². The molecule has 1 aromatic heterocycles. The van der Waals surface area contributed by atoms with E-state index < -0.39 is 5.92 Å². The van der Waals surface area contributed by atoms with E-state index in [0.29, 0.717) is 29.2 Å². The van der Waals surface area contributed by atoms with Crippen LogP contribution in [0, 0.1) is 18.3 Å². The Morgan fingerprint density at radius 3 is 2.57 bits per heavy atom. The number of aromatic nitrogens is 1. The number of rotatable bonds is 4. The molecule has 0 saturated heterocycles. The third-order valence-corrected chi connectivity index (χ3v) is 5.32. The number of ether oxygens (including phenoxy) is 2. The molecule has 2 N–H and O–H groups in total. The zero-order chi connectivity index (χ0) is 21.3. The Hall–Kier alpha value is -3.98. The van der Waals surface area contributed by atoms with Crippen molar-refractivity contribution in [3.05, 3.63) is 105 Å². The van der Waals surface area contributed by atoms with Gasteiger partial charge in [0.15, 0.2) is 0 Å². The van der Waals surface area contributed by atoms with Gasteiger partial charge in [-0.15, -0.1) is 0 Å². The first-order chi connectivity index (χ1) is 14.5. The van der Waals surface area contributed by atoms with Crippen molar-refractivity contribution < 1.29 is 9.47 Å². The second-order valence-electron chi connectivity index (χ2n) is 7.11. The van der Waals surface area contributed by atoms with Gasteiger partial charge in [0.2, 0.25) is 5.88 Å². The van der Waals surface area contributed by atoms with Gasteiger partial charge in [-0.2, -0.15) is 5.26 Å². The standard InChI is InChI=1S/C24H21N3O3/c1-15-12-20-22(24(28)27(15)14-16-8-4-3-5-9-16)21(18(13-25)23(26)30-20)17-10-6-7-11-19(17)29-2/h3-12,21H,14,26H2,1-2H3. The van der Waals surface area contributed by atoms with Crippen molar-refractivity contribution in [3.8, 4) is 17.6 Å². The summed E-state index contributed by atoms with van der Waals surface area (Å²) < 4.78 is 12.9. The Morgan fingerprint density at radius 1 is 1.17 bits per heavy atom. The molecule has 6 heteroatoms. The van der Waals surface area contributed by atoms with E-state index in [1.807, 2.05) is 55.5 Å². The topological polar surface area (TPSA) is 90.3 Å². The molecular weight excluding hydrogens is 378 g/mol. The molecule has 0 radical (unpaired) electrons. The lowest BCUT2D eigenvalue weighted by Crippen LogP contribution is -2.33. The maximum absolute atomic E-state index is 13.7. The van der Waals surface area contributed by atoms with Crippen molar-refractivity contribution >= 4 is 0 Å². The normalized spacial score (nSPS) is 15.2. The maximum atomic E-state index is 13.7. The summed E-state index contributed by atoms with van der Waals surface area (Å²) in [4.78, 5) is 13.7. The van der Waals surface area contributed by atoms with E-state index in [1.165, 1.54) is 0 Å². The van der Waals surface area contributed by atoms with Crippen LogP contribution in [0.1, 0.15) is 28.3 Å². The summed E-state index contributed by atoms with van der Waals surface area (Å²) in [6, 6.07) is 21.0. The molecule has 0 saturated carbocycles. The van der Waals surface area contributed by atoms with E-state index in [-0.39, 0.29) is 17.0 Å². The van der Waals surface area contributed by atoms with E-state index in [4.69, 9.17) is 15.2 Å². The van der Waals surface area contributed by atoms with Crippen LogP contribution in [0.2, 0.25) is 0 Å². The fourth-order valence-corrected chi connectivity index (χ4v) is 3.86. The molecule has 0 spiro atoms. The number of nitrogens with zero attached hydrogens (tertiary/aromatic N) is 2. The number of benzene rings is 2. The Balaban J connectivity index is 1.96. The zero-order valence-corrected chi connectivity index (χ0v) is 16.8. The highest BCUT2D eigenvalue weighted by molar-refractivity contribution is 5.58. The van der Waals surface area contributed by atoms with E-state index in [1.54, 1.807) is 23.8 Å². The molecule has 0 amide bonds. The molecule has 0 bridgehead atoms. The number of hydrogen-bond donors (Lipinski definition) is 1. The molecular formula is C24H21N3O3. The number of hydrogen-bond acceptors (Lipinski definition) is 5. The summed E-state index contributed by atoms with van der Waals surface area (Å²) in [6.45, 7) is 2.27. The highest BCUT2D eigenvalue weighted by Crippen LogP contribution is 2.43. The van der Waals surface area contributed by atoms with Gasteiger partial charge in [-0.3, -0.25) is 4.79 Å². The smallest absolute Gasteiger partial charge is 0.259 e. The first kappa shape index (κ1) is 19.3. The Kier molecular flexibility index (Phi) is 5.03. The summed E-state index contributed by atoms with van der Waals surface area (Å²) in [6.07, 6.45) is 0. The number of nitriles is 1. The van der Waals surface area contributed by atoms with Crippen LogP contribution in [0.3, 0.4) is 0 Å². The summed E-state index contributed by atoms with van der Waals surface area (Å²) in [5.74, 6) is 0.269.